The Morgan fingerprint density at radius 2 is 1.77 bits per heavy atom. The third-order valence-electron chi connectivity index (χ3n) is 8.00. The first-order valence-corrected chi connectivity index (χ1v) is 12.0. The first-order chi connectivity index (χ1) is 16.8. The molecular weight excluding hydrogens is 466 g/mol. The van der Waals surface area contributed by atoms with Gasteiger partial charge in [-0.25, -0.2) is 4.90 Å². The van der Waals surface area contributed by atoms with Gasteiger partial charge in [-0.3, -0.25) is 14.4 Å². The van der Waals surface area contributed by atoms with Crippen LogP contribution in [0.25, 0.3) is 10.8 Å². The van der Waals surface area contributed by atoms with Crippen LogP contribution in [-0.2, 0) is 20.9 Å². The highest BCUT2D eigenvalue weighted by Gasteiger charge is 2.73. The number of fused-ring (bicyclic) bond motifs is 6. The number of rotatable bonds is 4. The average Bonchev–Trinajstić information content (AvgIpc) is 3.43. The predicted octanol–water partition coefficient (Wildman–Crippen LogP) is 4.04. The zero-order chi connectivity index (χ0) is 24.5. The molecule has 0 aliphatic carbocycles. The van der Waals surface area contributed by atoms with Crippen LogP contribution in [0.4, 0.5) is 5.69 Å². The molecule has 3 aliphatic rings. The Morgan fingerprint density at radius 1 is 1.03 bits per heavy atom. The summed E-state index contributed by atoms with van der Waals surface area (Å²) in [7, 11) is 0. The quantitative estimate of drug-likeness (QED) is 0.518. The molecule has 3 aliphatic heterocycles. The van der Waals surface area contributed by atoms with Crippen molar-refractivity contribution in [3.63, 3.8) is 0 Å². The number of carbonyl (C=O) groups excluding carboxylic acids is 2. The zero-order valence-electron chi connectivity index (χ0n) is 19.0. The zero-order valence-corrected chi connectivity index (χ0v) is 19.8. The van der Waals surface area contributed by atoms with Crippen LogP contribution in [0.5, 0.6) is 0 Å². The van der Waals surface area contributed by atoms with Crippen molar-refractivity contribution in [2.24, 2.45) is 11.8 Å². The summed E-state index contributed by atoms with van der Waals surface area (Å²) in [5.41, 5.74) is -0.768. The number of pyridine rings is 1. The van der Waals surface area contributed by atoms with Crippen LogP contribution in [0.3, 0.4) is 0 Å². The van der Waals surface area contributed by atoms with E-state index < -0.39 is 23.0 Å². The van der Waals surface area contributed by atoms with Gasteiger partial charge in [-0.1, -0.05) is 35.9 Å². The minimum Gasteiger partial charge on any atom is -0.367 e. The fraction of sp³-hybridized carbons (Fsp3) is 0.333. The number of hydrogen-bond donors (Lipinski definition) is 0. The molecule has 6 rings (SSSR count). The van der Waals surface area contributed by atoms with E-state index in [1.54, 1.807) is 24.4 Å². The van der Waals surface area contributed by atoms with Gasteiger partial charge in [0.1, 0.15) is 0 Å². The molecule has 3 aromatic rings. The van der Waals surface area contributed by atoms with E-state index in [2.05, 4.69) is 6.07 Å². The number of carbonyl (C=O) groups is 2. The molecule has 2 bridgehead atoms. The summed E-state index contributed by atoms with van der Waals surface area (Å²) in [4.78, 5) is 41.3. The lowest BCUT2D eigenvalue weighted by Gasteiger charge is -2.31. The van der Waals surface area contributed by atoms with Gasteiger partial charge in [0.15, 0.2) is 0 Å². The summed E-state index contributed by atoms with van der Waals surface area (Å²) in [6.07, 6.45) is 3.31. The van der Waals surface area contributed by atoms with Crippen LogP contribution in [0, 0.1) is 23.2 Å². The van der Waals surface area contributed by atoms with Crippen molar-refractivity contribution in [3.8, 4) is 6.07 Å². The normalized spacial score (nSPS) is 29.1. The highest BCUT2D eigenvalue weighted by Crippen LogP contribution is 2.62. The van der Waals surface area contributed by atoms with E-state index in [4.69, 9.17) is 16.3 Å². The number of anilines is 1. The predicted molar refractivity (Wildman–Crippen MR) is 130 cm³/mol. The number of benzene rings is 2. The third kappa shape index (κ3) is 3.03. The lowest BCUT2D eigenvalue weighted by Crippen LogP contribution is -2.43. The molecule has 3 saturated heterocycles. The monoisotopic (exact) mass is 487 g/mol. The van der Waals surface area contributed by atoms with E-state index in [1.807, 2.05) is 31.2 Å². The van der Waals surface area contributed by atoms with Gasteiger partial charge in [0.05, 0.1) is 45.4 Å². The number of aromatic nitrogens is 1. The standard InChI is InChI=1S/C27H22ClN3O4/c1-26-10-11-27(35-26,12-13-30-15-17(28)7-9-21(30)32)23-22(26)24(33)31(25(23)34)20-8-6-16(14-29)18-4-2-3-5-19(18)20/h2-9,15,22-23H,10-13H2,1H3/t22?,23-,26?,27?/m1/s1. The van der Waals surface area contributed by atoms with Gasteiger partial charge >= 0.3 is 0 Å². The molecule has 0 radical (unpaired) electrons. The van der Waals surface area contributed by atoms with Gasteiger partial charge < -0.3 is 9.30 Å². The van der Waals surface area contributed by atoms with Gasteiger partial charge in [0.25, 0.3) is 5.56 Å². The van der Waals surface area contributed by atoms with E-state index in [9.17, 15) is 19.6 Å². The van der Waals surface area contributed by atoms with E-state index in [0.717, 1.165) is 0 Å². The van der Waals surface area contributed by atoms with Gasteiger partial charge in [-0.05, 0) is 44.4 Å². The smallest absolute Gasteiger partial charge is 0.250 e. The summed E-state index contributed by atoms with van der Waals surface area (Å²) >= 11 is 6.08. The van der Waals surface area contributed by atoms with Crippen LogP contribution in [0.2, 0.25) is 5.02 Å². The van der Waals surface area contributed by atoms with Crippen molar-refractivity contribution >= 4 is 39.9 Å². The molecule has 0 saturated carbocycles. The number of hydrogen-bond acceptors (Lipinski definition) is 5. The molecule has 1 aromatic heterocycles. The van der Waals surface area contributed by atoms with Crippen LogP contribution in [-0.4, -0.2) is 27.6 Å². The van der Waals surface area contributed by atoms with E-state index >= 15 is 0 Å². The fourth-order valence-electron chi connectivity index (χ4n) is 6.41. The average molecular weight is 488 g/mol. The molecule has 2 amide bonds. The third-order valence-corrected chi connectivity index (χ3v) is 8.22. The Balaban J connectivity index is 1.40. The lowest BCUT2D eigenvalue weighted by molar-refractivity contribution is -0.130. The van der Waals surface area contributed by atoms with Crippen molar-refractivity contribution in [2.75, 3.05) is 4.90 Å². The van der Waals surface area contributed by atoms with Crippen molar-refractivity contribution in [2.45, 2.75) is 43.9 Å². The topological polar surface area (TPSA) is 92.4 Å². The van der Waals surface area contributed by atoms with Crippen molar-refractivity contribution in [1.82, 2.24) is 4.57 Å². The van der Waals surface area contributed by atoms with Gasteiger partial charge in [0.2, 0.25) is 11.8 Å². The Bertz CT molecular complexity index is 1520. The number of aryl methyl sites for hydroxylation is 1. The molecule has 3 unspecified atom stereocenters. The lowest BCUT2D eigenvalue weighted by atomic mass is 9.67. The summed E-state index contributed by atoms with van der Waals surface area (Å²) < 4.78 is 8.02. The largest absolute Gasteiger partial charge is 0.367 e. The Kier molecular flexibility index (Phi) is 4.73. The number of halogens is 1. The van der Waals surface area contributed by atoms with Crippen molar-refractivity contribution in [3.05, 3.63) is 75.7 Å². The molecule has 0 spiro atoms. The molecule has 7 nitrogen and oxygen atoms in total. The van der Waals surface area contributed by atoms with Gasteiger partial charge in [-0.2, -0.15) is 5.26 Å². The maximum Gasteiger partial charge on any atom is 0.250 e. The van der Waals surface area contributed by atoms with Crippen LogP contribution in [0.1, 0.15) is 31.7 Å². The van der Waals surface area contributed by atoms with E-state index in [0.29, 0.717) is 52.9 Å². The van der Waals surface area contributed by atoms with Crippen LogP contribution in [0.15, 0.2) is 59.5 Å². The molecule has 4 atom stereocenters. The Hall–Kier alpha value is -3.47. The van der Waals surface area contributed by atoms with Crippen LogP contribution < -0.4 is 10.5 Å². The number of ether oxygens (including phenoxy) is 1. The number of amides is 2. The molecule has 0 N–H and O–H groups in total. The Morgan fingerprint density at radius 3 is 2.54 bits per heavy atom. The molecule has 35 heavy (non-hydrogen) atoms. The summed E-state index contributed by atoms with van der Waals surface area (Å²) in [6.45, 7) is 2.25. The molecule has 8 heteroatoms. The van der Waals surface area contributed by atoms with Crippen molar-refractivity contribution < 1.29 is 14.3 Å². The van der Waals surface area contributed by atoms with Gasteiger partial charge in [-0.15, -0.1) is 0 Å². The van der Waals surface area contributed by atoms with Gasteiger partial charge in [0, 0.05) is 29.6 Å². The second-order valence-electron chi connectivity index (χ2n) is 9.87. The summed E-state index contributed by atoms with van der Waals surface area (Å²) in [5.74, 6) is -1.76. The molecule has 2 aromatic carbocycles. The summed E-state index contributed by atoms with van der Waals surface area (Å²) in [6, 6.07) is 15.8. The highest BCUT2D eigenvalue weighted by molar-refractivity contribution is 6.30. The SMILES string of the molecule is CC12CCC(CCn3cc(Cl)ccc3=O)(O1)[C@H]1C(=O)N(c3ccc(C#N)c4ccccc34)C(=O)C12. The number of nitrogens with zero attached hydrogens (tertiary/aromatic N) is 3. The minimum atomic E-state index is -0.828. The number of imide groups is 1. The molecular formula is C27H22ClN3O4. The summed E-state index contributed by atoms with van der Waals surface area (Å²) in [5, 5.41) is 11.4. The van der Waals surface area contributed by atoms with Crippen LogP contribution >= 0.6 is 11.6 Å². The van der Waals surface area contributed by atoms with Crippen molar-refractivity contribution in [1.29, 1.82) is 5.26 Å². The van der Waals surface area contributed by atoms with E-state index in [-0.39, 0.29) is 17.4 Å². The molecule has 4 heterocycles. The molecule has 3 fully saturated rings. The second kappa shape index (κ2) is 7.51. The highest BCUT2D eigenvalue weighted by atomic mass is 35.5. The molecule has 176 valence electrons. The second-order valence-corrected chi connectivity index (χ2v) is 10.3. The first kappa shape index (κ1) is 22.0. The fourth-order valence-corrected chi connectivity index (χ4v) is 6.59. The van der Waals surface area contributed by atoms with E-state index in [1.165, 1.54) is 15.5 Å². The maximum absolute atomic E-state index is 13.9. The minimum absolute atomic E-state index is 0.180. The maximum atomic E-state index is 13.9. The first-order valence-electron chi connectivity index (χ1n) is 11.6. The number of nitriles is 1. The Labute approximate surface area is 206 Å².